The van der Waals surface area contributed by atoms with Gasteiger partial charge in [0.2, 0.25) is 17.7 Å². The smallest absolute Gasteiger partial charge is 0.326 e. The first-order valence-electron chi connectivity index (χ1n) is 9.58. The van der Waals surface area contributed by atoms with Crippen LogP contribution >= 0.6 is 12.6 Å². The number of hydrogen-bond donors (Lipinski definition) is 7. The number of nitrogens with one attached hydrogen (secondary N) is 4. The lowest BCUT2D eigenvalue weighted by atomic mass is 9.98. The largest absolute Gasteiger partial charge is 0.480 e. The van der Waals surface area contributed by atoms with Crippen molar-refractivity contribution in [3.63, 3.8) is 0 Å². The molecule has 1 aromatic rings. The fourth-order valence-electron chi connectivity index (χ4n) is 2.53. The van der Waals surface area contributed by atoms with Crippen molar-refractivity contribution in [3.8, 4) is 0 Å². The minimum atomic E-state index is -1.17. The fourth-order valence-corrected chi connectivity index (χ4v) is 2.79. The first-order chi connectivity index (χ1) is 14.1. The van der Waals surface area contributed by atoms with Crippen LogP contribution in [-0.4, -0.2) is 68.7 Å². The van der Waals surface area contributed by atoms with Crippen molar-refractivity contribution < 1.29 is 24.3 Å². The number of hydrogen-bond acceptors (Lipinski definition) is 7. The third kappa shape index (κ3) is 7.67. The molecule has 1 aromatic heterocycles. The second kappa shape index (κ2) is 12.2. The van der Waals surface area contributed by atoms with Gasteiger partial charge in [-0.05, 0) is 12.8 Å². The zero-order valence-electron chi connectivity index (χ0n) is 17.2. The maximum absolute atomic E-state index is 12.8. The van der Waals surface area contributed by atoms with E-state index in [-0.39, 0.29) is 18.1 Å². The van der Waals surface area contributed by atoms with E-state index in [4.69, 9.17) is 5.73 Å². The average Bonchev–Trinajstić information content (AvgIpc) is 3.21. The molecule has 0 saturated heterocycles. The molecule has 0 bridgehead atoms. The first-order valence-corrected chi connectivity index (χ1v) is 10.2. The van der Waals surface area contributed by atoms with Crippen LogP contribution in [0, 0.1) is 5.92 Å². The maximum Gasteiger partial charge on any atom is 0.326 e. The summed E-state index contributed by atoms with van der Waals surface area (Å²) in [4.78, 5) is 55.6. The average molecular weight is 443 g/mol. The minimum Gasteiger partial charge on any atom is -0.480 e. The number of amides is 3. The summed E-state index contributed by atoms with van der Waals surface area (Å²) in [7, 11) is 0. The lowest BCUT2D eigenvalue weighted by Gasteiger charge is -2.25. The highest BCUT2D eigenvalue weighted by molar-refractivity contribution is 7.80. The number of carboxylic acids is 1. The molecular formula is C18H30N6O5S. The molecule has 5 unspecified atom stereocenters. The Morgan fingerprint density at radius 2 is 1.73 bits per heavy atom. The van der Waals surface area contributed by atoms with Crippen LogP contribution in [0.4, 0.5) is 0 Å². The second-order valence-electron chi connectivity index (χ2n) is 7.08. The van der Waals surface area contributed by atoms with Gasteiger partial charge in [0.1, 0.15) is 18.1 Å². The molecule has 0 fully saturated rings. The first kappa shape index (κ1) is 25.4. The van der Waals surface area contributed by atoms with Gasteiger partial charge in [-0.25, -0.2) is 9.78 Å². The highest BCUT2D eigenvalue weighted by Gasteiger charge is 2.31. The molecule has 0 aliphatic rings. The van der Waals surface area contributed by atoms with Gasteiger partial charge in [0, 0.05) is 24.1 Å². The molecule has 12 heteroatoms. The Balaban J connectivity index is 2.98. The highest BCUT2D eigenvalue weighted by Crippen LogP contribution is 2.09. The molecule has 7 N–H and O–H groups in total. The fraction of sp³-hybridized carbons (Fsp3) is 0.611. The van der Waals surface area contributed by atoms with Crippen LogP contribution in [0.5, 0.6) is 0 Å². The van der Waals surface area contributed by atoms with Gasteiger partial charge >= 0.3 is 5.97 Å². The van der Waals surface area contributed by atoms with E-state index in [1.807, 2.05) is 6.92 Å². The van der Waals surface area contributed by atoms with Crippen molar-refractivity contribution in [2.75, 3.05) is 5.75 Å². The van der Waals surface area contributed by atoms with E-state index in [1.54, 1.807) is 6.92 Å². The number of H-pyrrole nitrogens is 1. The van der Waals surface area contributed by atoms with Crippen molar-refractivity contribution in [1.29, 1.82) is 0 Å². The van der Waals surface area contributed by atoms with Crippen LogP contribution < -0.4 is 21.7 Å². The molecule has 0 aliphatic carbocycles. The van der Waals surface area contributed by atoms with Gasteiger partial charge in [0.05, 0.1) is 12.4 Å². The monoisotopic (exact) mass is 442 g/mol. The van der Waals surface area contributed by atoms with E-state index >= 15 is 0 Å². The standard InChI is InChI=1S/C18H30N6O5S/c1-4-9(2)14(18(28)29)24-16(26)12(5-11-6-20-8-21-11)22-17(27)13(7-30)23-15(25)10(3)19/h6,8-10,12-14,30H,4-5,7,19H2,1-3H3,(H,20,21)(H,22,27)(H,23,25)(H,24,26)(H,28,29). The Labute approximate surface area is 180 Å². The van der Waals surface area contributed by atoms with Crippen molar-refractivity contribution in [1.82, 2.24) is 25.9 Å². The van der Waals surface area contributed by atoms with Crippen molar-refractivity contribution in [2.24, 2.45) is 11.7 Å². The van der Waals surface area contributed by atoms with Crippen molar-refractivity contribution in [2.45, 2.75) is 57.8 Å². The van der Waals surface area contributed by atoms with E-state index in [0.717, 1.165) is 0 Å². The summed E-state index contributed by atoms with van der Waals surface area (Å²) in [5.41, 5.74) is 6.07. The van der Waals surface area contributed by atoms with Crippen LogP contribution in [0.25, 0.3) is 0 Å². The minimum absolute atomic E-state index is 0.0205. The van der Waals surface area contributed by atoms with E-state index in [1.165, 1.54) is 19.4 Å². The van der Waals surface area contributed by atoms with E-state index in [0.29, 0.717) is 12.1 Å². The molecule has 1 rings (SSSR count). The lowest BCUT2D eigenvalue weighted by Crippen LogP contribution is -2.58. The number of aliphatic carboxylic acids is 1. The number of rotatable bonds is 12. The Bertz CT molecular complexity index is 727. The van der Waals surface area contributed by atoms with Crippen LogP contribution in [0.3, 0.4) is 0 Å². The molecule has 0 spiro atoms. The number of aromatic nitrogens is 2. The van der Waals surface area contributed by atoms with Crippen LogP contribution in [0.15, 0.2) is 12.5 Å². The quantitative estimate of drug-likeness (QED) is 0.199. The predicted octanol–water partition coefficient (Wildman–Crippen LogP) is -1.19. The number of nitrogens with two attached hydrogens (primary N) is 1. The predicted molar refractivity (Wildman–Crippen MR) is 113 cm³/mol. The Morgan fingerprint density at radius 3 is 2.20 bits per heavy atom. The van der Waals surface area contributed by atoms with Crippen LogP contribution in [0.2, 0.25) is 0 Å². The summed E-state index contributed by atoms with van der Waals surface area (Å²) < 4.78 is 0. The van der Waals surface area contributed by atoms with Crippen LogP contribution in [-0.2, 0) is 25.6 Å². The summed E-state index contributed by atoms with van der Waals surface area (Å²) in [6.45, 7) is 5.00. The zero-order chi connectivity index (χ0) is 22.8. The molecule has 0 saturated carbocycles. The number of nitrogens with zero attached hydrogens (tertiary/aromatic N) is 1. The summed E-state index contributed by atoms with van der Waals surface area (Å²) in [5.74, 6) is -3.35. The number of carbonyl (C=O) groups excluding carboxylic acids is 3. The third-order valence-electron chi connectivity index (χ3n) is 4.62. The van der Waals surface area contributed by atoms with E-state index < -0.39 is 47.9 Å². The topological polar surface area (TPSA) is 179 Å². The molecule has 5 atom stereocenters. The normalized spacial score (nSPS) is 15.9. The van der Waals surface area contributed by atoms with Crippen molar-refractivity contribution >= 4 is 36.3 Å². The van der Waals surface area contributed by atoms with Crippen LogP contribution in [0.1, 0.15) is 32.9 Å². The Morgan fingerprint density at radius 1 is 1.13 bits per heavy atom. The zero-order valence-corrected chi connectivity index (χ0v) is 18.1. The van der Waals surface area contributed by atoms with E-state index in [2.05, 4.69) is 38.5 Å². The summed E-state index contributed by atoms with van der Waals surface area (Å²) in [6, 6.07) is -4.05. The summed E-state index contributed by atoms with van der Waals surface area (Å²) in [5, 5.41) is 16.9. The number of carbonyl (C=O) groups is 4. The molecule has 168 valence electrons. The molecule has 30 heavy (non-hydrogen) atoms. The molecule has 11 nitrogen and oxygen atoms in total. The van der Waals surface area contributed by atoms with Gasteiger partial charge in [-0.1, -0.05) is 20.3 Å². The third-order valence-corrected chi connectivity index (χ3v) is 4.98. The number of carboxylic acid groups (broad SMARTS) is 1. The summed E-state index contributed by atoms with van der Waals surface area (Å²) in [6.07, 6.45) is 3.50. The number of aromatic amines is 1. The van der Waals surface area contributed by atoms with Gasteiger partial charge < -0.3 is 31.8 Å². The number of imidazole rings is 1. The number of thiol groups is 1. The Kier molecular flexibility index (Phi) is 10.3. The molecule has 3 amide bonds. The molecule has 0 aromatic carbocycles. The second-order valence-corrected chi connectivity index (χ2v) is 7.45. The molecule has 1 heterocycles. The Hall–Kier alpha value is -2.60. The molecule has 0 radical (unpaired) electrons. The van der Waals surface area contributed by atoms with Gasteiger partial charge in [-0.2, -0.15) is 12.6 Å². The summed E-state index contributed by atoms with van der Waals surface area (Å²) >= 11 is 4.07. The SMILES string of the molecule is CCC(C)C(NC(=O)C(Cc1cnc[nH]1)NC(=O)C(CS)NC(=O)C(C)N)C(=O)O. The van der Waals surface area contributed by atoms with Gasteiger partial charge in [0.15, 0.2) is 0 Å². The molecule has 0 aliphatic heterocycles. The lowest BCUT2D eigenvalue weighted by molar-refractivity contribution is -0.143. The maximum atomic E-state index is 12.8. The van der Waals surface area contributed by atoms with Gasteiger partial charge in [0.25, 0.3) is 0 Å². The van der Waals surface area contributed by atoms with Gasteiger partial charge in [-0.3, -0.25) is 14.4 Å². The molecular weight excluding hydrogens is 412 g/mol. The van der Waals surface area contributed by atoms with Crippen molar-refractivity contribution in [3.05, 3.63) is 18.2 Å². The van der Waals surface area contributed by atoms with Gasteiger partial charge in [-0.15, -0.1) is 0 Å². The highest BCUT2D eigenvalue weighted by atomic mass is 32.1. The van der Waals surface area contributed by atoms with E-state index in [9.17, 15) is 24.3 Å².